The molecule has 0 spiro atoms. The number of nitrogens with one attached hydrogen (secondary N) is 1. The Morgan fingerprint density at radius 1 is 1.29 bits per heavy atom. The number of halogens is 1. The van der Waals surface area contributed by atoms with E-state index in [1.165, 1.54) is 24.2 Å². The van der Waals surface area contributed by atoms with E-state index in [9.17, 15) is 4.79 Å². The third-order valence-corrected chi connectivity index (χ3v) is 7.02. The van der Waals surface area contributed by atoms with Gasteiger partial charge in [-0.1, -0.05) is 28.9 Å². The van der Waals surface area contributed by atoms with Gasteiger partial charge in [0, 0.05) is 56.8 Å². The minimum atomic E-state index is -0.0967. The Labute approximate surface area is 191 Å². The third-order valence-electron chi connectivity index (χ3n) is 5.75. The molecule has 2 aliphatic rings. The van der Waals surface area contributed by atoms with Gasteiger partial charge in [0.25, 0.3) is 0 Å². The molecule has 1 aromatic carbocycles. The molecule has 8 heteroatoms. The molecule has 0 amide bonds. The molecule has 31 heavy (non-hydrogen) atoms. The number of Topliss-reactive ketones (excluding diaryl/α,β-unsaturated/α-hetero) is 1. The summed E-state index contributed by atoms with van der Waals surface area (Å²) in [7, 11) is 3.77. The summed E-state index contributed by atoms with van der Waals surface area (Å²) in [6, 6.07) is 9.68. The van der Waals surface area contributed by atoms with Gasteiger partial charge in [0.2, 0.25) is 0 Å². The number of nitrogens with zero attached hydrogens (tertiary/aromatic N) is 3. The van der Waals surface area contributed by atoms with Crippen molar-refractivity contribution >= 4 is 46.0 Å². The molecule has 0 aliphatic carbocycles. The van der Waals surface area contributed by atoms with Crippen molar-refractivity contribution in [3.8, 4) is 0 Å². The van der Waals surface area contributed by atoms with E-state index in [-0.39, 0.29) is 11.9 Å². The average Bonchev–Trinajstić information content (AvgIpc) is 3.52. The van der Waals surface area contributed by atoms with E-state index in [0.717, 1.165) is 35.6 Å². The van der Waals surface area contributed by atoms with E-state index >= 15 is 0 Å². The van der Waals surface area contributed by atoms with Crippen molar-refractivity contribution in [2.24, 2.45) is 5.16 Å². The molecule has 6 nitrogen and oxygen atoms in total. The molecule has 1 aromatic heterocycles. The van der Waals surface area contributed by atoms with Gasteiger partial charge in [0.1, 0.15) is 11.9 Å². The monoisotopic (exact) mass is 458 g/mol. The molecule has 1 saturated heterocycles. The molecule has 2 aliphatic heterocycles. The van der Waals surface area contributed by atoms with Crippen LogP contribution in [0.1, 0.15) is 52.9 Å². The second kappa shape index (κ2) is 9.40. The van der Waals surface area contributed by atoms with Crippen LogP contribution in [0.2, 0.25) is 4.34 Å². The van der Waals surface area contributed by atoms with Gasteiger partial charge in [-0.2, -0.15) is 0 Å². The fourth-order valence-corrected chi connectivity index (χ4v) is 5.03. The molecule has 2 aromatic rings. The maximum Gasteiger partial charge on any atom is 0.172 e. The number of benzene rings is 1. The van der Waals surface area contributed by atoms with Gasteiger partial charge >= 0.3 is 0 Å². The molecule has 4 rings (SSSR count). The molecule has 164 valence electrons. The zero-order valence-corrected chi connectivity index (χ0v) is 19.4. The first-order valence-corrected chi connectivity index (χ1v) is 11.8. The predicted molar refractivity (Wildman–Crippen MR) is 127 cm³/mol. The number of hydrogen-bond donors (Lipinski definition) is 1. The van der Waals surface area contributed by atoms with Crippen LogP contribution in [0.5, 0.6) is 0 Å². The van der Waals surface area contributed by atoms with Gasteiger partial charge in [-0.25, -0.2) is 0 Å². The largest absolute Gasteiger partial charge is 0.392 e. The summed E-state index contributed by atoms with van der Waals surface area (Å²) in [4.78, 5) is 23.0. The van der Waals surface area contributed by atoms with Crippen molar-refractivity contribution in [3.05, 3.63) is 50.7 Å². The van der Waals surface area contributed by atoms with Crippen LogP contribution in [0.4, 0.5) is 5.69 Å². The minimum absolute atomic E-state index is 0.0956. The summed E-state index contributed by atoms with van der Waals surface area (Å²) < 4.78 is 0.631. The highest BCUT2D eigenvalue weighted by Gasteiger charge is 2.27. The van der Waals surface area contributed by atoms with E-state index in [0.29, 0.717) is 34.3 Å². The lowest BCUT2D eigenvalue weighted by molar-refractivity contribution is 0.0720. The fourth-order valence-electron chi connectivity index (χ4n) is 4.02. The predicted octanol–water partition coefficient (Wildman–Crippen LogP) is 5.04. The highest BCUT2D eigenvalue weighted by molar-refractivity contribution is 7.18. The first-order valence-electron chi connectivity index (χ1n) is 10.6. The Balaban J connectivity index is 1.46. The SMILES string of the molecule is CN(C)C(=N)c1ccc(C2=NOC(CCC(=O)c3ccc(Cl)s3)C2)c(N2CCCC2)c1. The number of thiophene rings is 1. The van der Waals surface area contributed by atoms with Crippen LogP contribution in [0.25, 0.3) is 0 Å². The Bertz CT molecular complexity index is 1010. The summed E-state index contributed by atoms with van der Waals surface area (Å²) in [6.45, 7) is 2.03. The molecule has 1 fully saturated rings. The van der Waals surface area contributed by atoms with Gasteiger partial charge in [-0.05, 0) is 37.5 Å². The molecule has 0 bridgehead atoms. The van der Waals surface area contributed by atoms with Crippen molar-refractivity contribution in [2.45, 2.75) is 38.2 Å². The van der Waals surface area contributed by atoms with Crippen molar-refractivity contribution in [1.29, 1.82) is 5.41 Å². The Morgan fingerprint density at radius 3 is 2.74 bits per heavy atom. The summed E-state index contributed by atoms with van der Waals surface area (Å²) in [5, 5.41) is 12.7. The molecule has 1 unspecified atom stereocenters. The molecule has 1 atom stereocenters. The number of ketones is 1. The lowest BCUT2D eigenvalue weighted by Crippen LogP contribution is -2.24. The average molecular weight is 459 g/mol. The van der Waals surface area contributed by atoms with Crippen LogP contribution in [0, 0.1) is 5.41 Å². The standard InChI is InChI=1S/C23H27ClN4O2S/c1-27(2)23(25)15-5-7-17(19(13-15)28-11-3-4-12-28)18-14-16(30-26-18)6-8-20(29)21-9-10-22(24)31-21/h5,7,9-10,13,16,25H,3-4,6,8,11-12,14H2,1-2H3. The van der Waals surface area contributed by atoms with E-state index in [2.05, 4.69) is 22.2 Å². The molecular formula is C23H27ClN4O2S. The fraction of sp³-hybridized carbons (Fsp3) is 0.435. The number of amidine groups is 1. The zero-order valence-electron chi connectivity index (χ0n) is 17.9. The molecular weight excluding hydrogens is 432 g/mol. The van der Waals surface area contributed by atoms with Crippen molar-refractivity contribution in [3.63, 3.8) is 0 Å². The maximum atomic E-state index is 12.4. The van der Waals surface area contributed by atoms with E-state index < -0.39 is 0 Å². The van der Waals surface area contributed by atoms with Crippen LogP contribution in [0.3, 0.4) is 0 Å². The quantitative estimate of drug-likeness (QED) is 0.358. The molecule has 0 saturated carbocycles. The second-order valence-electron chi connectivity index (χ2n) is 8.20. The Morgan fingerprint density at radius 2 is 2.06 bits per heavy atom. The van der Waals surface area contributed by atoms with E-state index in [1.807, 2.05) is 25.1 Å². The number of anilines is 1. The van der Waals surface area contributed by atoms with E-state index in [4.69, 9.17) is 21.8 Å². The van der Waals surface area contributed by atoms with Crippen LogP contribution in [-0.2, 0) is 4.84 Å². The lowest BCUT2D eigenvalue weighted by Gasteiger charge is -2.23. The maximum absolute atomic E-state index is 12.4. The highest BCUT2D eigenvalue weighted by Crippen LogP contribution is 2.31. The topological polar surface area (TPSA) is 69.0 Å². The normalized spacial score (nSPS) is 18.1. The first-order chi connectivity index (χ1) is 14.9. The molecule has 3 heterocycles. The minimum Gasteiger partial charge on any atom is -0.392 e. The summed E-state index contributed by atoms with van der Waals surface area (Å²) in [5.41, 5.74) is 4.00. The van der Waals surface area contributed by atoms with Crippen molar-refractivity contribution < 1.29 is 9.63 Å². The number of rotatable bonds is 7. The highest BCUT2D eigenvalue weighted by atomic mass is 35.5. The van der Waals surface area contributed by atoms with Crippen molar-refractivity contribution in [1.82, 2.24) is 4.90 Å². The molecule has 1 N–H and O–H groups in total. The van der Waals surface area contributed by atoms with Crippen LogP contribution in [0.15, 0.2) is 35.5 Å². The number of carbonyl (C=O) groups is 1. The van der Waals surface area contributed by atoms with Gasteiger partial charge < -0.3 is 14.6 Å². The summed E-state index contributed by atoms with van der Waals surface area (Å²) in [6.07, 6.45) is 3.99. The Hall–Kier alpha value is -2.38. The van der Waals surface area contributed by atoms with Gasteiger partial charge in [-0.15, -0.1) is 11.3 Å². The summed E-state index contributed by atoms with van der Waals surface area (Å²) >= 11 is 7.26. The van der Waals surface area contributed by atoms with Crippen LogP contribution in [-0.4, -0.2) is 55.5 Å². The summed E-state index contributed by atoms with van der Waals surface area (Å²) in [5.74, 6) is 0.583. The van der Waals surface area contributed by atoms with Crippen molar-refractivity contribution in [2.75, 3.05) is 32.1 Å². The first kappa shape index (κ1) is 21.8. The molecule has 0 radical (unpaired) electrons. The second-order valence-corrected chi connectivity index (χ2v) is 9.92. The van der Waals surface area contributed by atoms with Gasteiger partial charge in [-0.3, -0.25) is 10.2 Å². The van der Waals surface area contributed by atoms with Crippen LogP contribution < -0.4 is 4.90 Å². The van der Waals surface area contributed by atoms with E-state index in [1.54, 1.807) is 12.1 Å². The number of carbonyl (C=O) groups excluding carboxylic acids is 1. The smallest absolute Gasteiger partial charge is 0.172 e. The lowest BCUT2D eigenvalue weighted by atomic mass is 9.98. The Kier molecular flexibility index (Phi) is 6.62. The number of oxime groups is 1. The van der Waals surface area contributed by atoms with Gasteiger partial charge in [0.15, 0.2) is 5.78 Å². The van der Waals surface area contributed by atoms with Crippen LogP contribution >= 0.6 is 22.9 Å². The van der Waals surface area contributed by atoms with Gasteiger partial charge in [0.05, 0.1) is 14.9 Å². The zero-order chi connectivity index (χ0) is 22.0. The third kappa shape index (κ3) is 4.93. The number of hydrogen-bond acceptors (Lipinski definition) is 6.